The fraction of sp³-hybridized carbons (Fsp3) is 0.0870. The molecule has 8 heteroatoms. The molecule has 0 fully saturated rings. The van der Waals surface area contributed by atoms with Crippen LogP contribution in [0.25, 0.3) is 20.8 Å². The first-order valence-corrected chi connectivity index (χ1v) is 10.2. The van der Waals surface area contributed by atoms with Gasteiger partial charge in [0, 0.05) is 17.3 Å². The number of aromatic hydroxyl groups is 2. The van der Waals surface area contributed by atoms with Crippen LogP contribution in [0.5, 0.6) is 11.5 Å². The van der Waals surface area contributed by atoms with Crippen LogP contribution in [-0.4, -0.2) is 33.7 Å². The molecule has 0 aliphatic rings. The van der Waals surface area contributed by atoms with E-state index in [4.69, 9.17) is 4.74 Å². The second-order valence-corrected chi connectivity index (χ2v) is 7.92. The number of hydrogen-bond acceptors (Lipinski definition) is 7. The van der Waals surface area contributed by atoms with E-state index in [1.165, 1.54) is 17.7 Å². The van der Waals surface area contributed by atoms with Crippen LogP contribution in [0.3, 0.4) is 0 Å². The number of phenols is 2. The number of fused-ring (bicyclic) bond motifs is 1. The summed E-state index contributed by atoms with van der Waals surface area (Å²) >= 11 is 1.60. The van der Waals surface area contributed by atoms with Gasteiger partial charge in [-0.05, 0) is 61.0 Å². The summed E-state index contributed by atoms with van der Waals surface area (Å²) in [6, 6.07) is 16.8. The predicted molar refractivity (Wildman–Crippen MR) is 118 cm³/mol. The van der Waals surface area contributed by atoms with Gasteiger partial charge in [0.2, 0.25) is 0 Å². The van der Waals surface area contributed by atoms with Gasteiger partial charge in [0.15, 0.2) is 6.61 Å². The fourth-order valence-electron chi connectivity index (χ4n) is 2.95. The number of aryl methyl sites for hydroxylation is 1. The van der Waals surface area contributed by atoms with E-state index in [9.17, 15) is 19.8 Å². The molecule has 0 saturated heterocycles. The Hall–Kier alpha value is -3.91. The van der Waals surface area contributed by atoms with Crippen LogP contribution in [0, 0.1) is 6.92 Å². The number of benzene rings is 3. The van der Waals surface area contributed by atoms with Crippen molar-refractivity contribution in [2.45, 2.75) is 6.92 Å². The standard InChI is InChI=1S/C23H18N2O5S/c1-13-2-9-18-20(10-13)31-22(25-18)14-3-5-15(6-4-14)24-21(28)12-30-23(29)17-8-7-16(26)11-19(17)27/h2-11,26-27H,12H2,1H3,(H,24,28). The summed E-state index contributed by atoms with van der Waals surface area (Å²) < 4.78 is 6.04. The lowest BCUT2D eigenvalue weighted by Crippen LogP contribution is -2.20. The highest BCUT2D eigenvalue weighted by Crippen LogP contribution is 2.31. The largest absolute Gasteiger partial charge is 0.508 e. The number of aromatic nitrogens is 1. The summed E-state index contributed by atoms with van der Waals surface area (Å²) in [7, 11) is 0. The molecule has 31 heavy (non-hydrogen) atoms. The summed E-state index contributed by atoms with van der Waals surface area (Å²) in [6.45, 7) is 1.53. The molecular weight excluding hydrogens is 416 g/mol. The number of rotatable bonds is 5. The minimum atomic E-state index is -0.867. The average Bonchev–Trinajstić information content (AvgIpc) is 3.15. The van der Waals surface area contributed by atoms with Gasteiger partial charge in [0.25, 0.3) is 5.91 Å². The fourth-order valence-corrected chi connectivity index (χ4v) is 4.02. The van der Waals surface area contributed by atoms with E-state index in [-0.39, 0.29) is 11.3 Å². The van der Waals surface area contributed by atoms with E-state index in [2.05, 4.69) is 16.4 Å². The first kappa shape index (κ1) is 20.4. The quantitative estimate of drug-likeness (QED) is 0.400. The molecule has 0 aliphatic heterocycles. The zero-order valence-corrected chi connectivity index (χ0v) is 17.3. The molecule has 0 spiro atoms. The van der Waals surface area contributed by atoms with Crippen molar-refractivity contribution >= 4 is 39.1 Å². The lowest BCUT2D eigenvalue weighted by molar-refractivity contribution is -0.119. The monoisotopic (exact) mass is 434 g/mol. The van der Waals surface area contributed by atoms with Crippen molar-refractivity contribution in [3.05, 3.63) is 71.8 Å². The molecule has 1 heterocycles. The van der Waals surface area contributed by atoms with Gasteiger partial charge in [-0.15, -0.1) is 11.3 Å². The molecular formula is C23H18N2O5S. The molecule has 0 saturated carbocycles. The van der Waals surface area contributed by atoms with Crippen LogP contribution in [0.1, 0.15) is 15.9 Å². The Balaban J connectivity index is 1.37. The molecule has 7 nitrogen and oxygen atoms in total. The highest BCUT2D eigenvalue weighted by Gasteiger charge is 2.15. The Bertz CT molecular complexity index is 1280. The molecule has 0 bridgehead atoms. The van der Waals surface area contributed by atoms with Crippen molar-refractivity contribution in [2.75, 3.05) is 11.9 Å². The smallest absolute Gasteiger partial charge is 0.342 e. The number of hydrogen-bond donors (Lipinski definition) is 3. The van der Waals surface area contributed by atoms with E-state index < -0.39 is 24.2 Å². The minimum Gasteiger partial charge on any atom is -0.508 e. The van der Waals surface area contributed by atoms with Crippen LogP contribution in [0.15, 0.2) is 60.7 Å². The van der Waals surface area contributed by atoms with Crippen molar-refractivity contribution in [3.8, 4) is 22.1 Å². The first-order valence-electron chi connectivity index (χ1n) is 9.35. The Labute approximate surface area is 181 Å². The van der Waals surface area contributed by atoms with Gasteiger partial charge in [-0.1, -0.05) is 6.07 Å². The maximum absolute atomic E-state index is 12.1. The average molecular weight is 434 g/mol. The highest BCUT2D eigenvalue weighted by atomic mass is 32.1. The van der Waals surface area contributed by atoms with Gasteiger partial charge in [0.05, 0.1) is 10.2 Å². The number of nitrogens with zero attached hydrogens (tertiary/aromatic N) is 1. The van der Waals surface area contributed by atoms with E-state index in [1.807, 2.05) is 31.2 Å². The summed E-state index contributed by atoms with van der Waals surface area (Å²) in [5.41, 5.74) is 3.48. The van der Waals surface area contributed by atoms with E-state index in [1.54, 1.807) is 23.5 Å². The number of anilines is 1. The molecule has 4 rings (SSSR count). The van der Waals surface area contributed by atoms with Crippen molar-refractivity contribution in [3.63, 3.8) is 0 Å². The second kappa shape index (κ2) is 8.45. The zero-order valence-electron chi connectivity index (χ0n) is 16.5. The lowest BCUT2D eigenvalue weighted by atomic mass is 10.2. The molecule has 0 unspecified atom stereocenters. The molecule has 156 valence electrons. The molecule has 3 N–H and O–H groups in total. The zero-order chi connectivity index (χ0) is 22.0. The summed E-state index contributed by atoms with van der Waals surface area (Å²) in [5.74, 6) is -1.99. The number of carbonyl (C=O) groups is 2. The minimum absolute atomic E-state index is 0.138. The van der Waals surface area contributed by atoms with Gasteiger partial charge >= 0.3 is 5.97 Å². The summed E-state index contributed by atoms with van der Waals surface area (Å²) in [4.78, 5) is 28.7. The number of esters is 1. The molecule has 4 aromatic rings. The predicted octanol–water partition coefficient (Wildman–Crippen LogP) is 4.48. The normalized spacial score (nSPS) is 10.7. The lowest BCUT2D eigenvalue weighted by Gasteiger charge is -2.08. The first-order chi connectivity index (χ1) is 14.9. The van der Waals surface area contributed by atoms with E-state index >= 15 is 0 Å². The Morgan fingerprint density at radius 2 is 1.81 bits per heavy atom. The van der Waals surface area contributed by atoms with Gasteiger partial charge in [0.1, 0.15) is 22.1 Å². The molecule has 0 atom stereocenters. The van der Waals surface area contributed by atoms with Gasteiger partial charge in [-0.25, -0.2) is 9.78 Å². The summed E-state index contributed by atoms with van der Waals surface area (Å²) in [6.07, 6.45) is 0. The number of ether oxygens (including phenoxy) is 1. The maximum Gasteiger partial charge on any atom is 0.342 e. The third kappa shape index (κ3) is 4.65. The molecule has 0 radical (unpaired) electrons. The molecule has 0 aliphatic carbocycles. The topological polar surface area (TPSA) is 109 Å². The van der Waals surface area contributed by atoms with Crippen LogP contribution < -0.4 is 5.32 Å². The van der Waals surface area contributed by atoms with Gasteiger partial charge < -0.3 is 20.3 Å². The van der Waals surface area contributed by atoms with Crippen molar-refractivity contribution in [1.82, 2.24) is 4.98 Å². The van der Waals surface area contributed by atoms with Crippen LogP contribution >= 0.6 is 11.3 Å². The van der Waals surface area contributed by atoms with E-state index in [0.29, 0.717) is 5.69 Å². The Morgan fingerprint density at radius 1 is 1.03 bits per heavy atom. The number of amides is 1. The van der Waals surface area contributed by atoms with Gasteiger partial charge in [-0.2, -0.15) is 0 Å². The highest BCUT2D eigenvalue weighted by molar-refractivity contribution is 7.21. The van der Waals surface area contributed by atoms with Crippen LogP contribution in [0.2, 0.25) is 0 Å². The second-order valence-electron chi connectivity index (χ2n) is 6.89. The van der Waals surface area contributed by atoms with Gasteiger partial charge in [-0.3, -0.25) is 4.79 Å². The Morgan fingerprint density at radius 3 is 2.55 bits per heavy atom. The van der Waals surface area contributed by atoms with Crippen molar-refractivity contribution in [2.24, 2.45) is 0 Å². The molecule has 1 amide bonds. The number of nitrogens with one attached hydrogen (secondary N) is 1. The maximum atomic E-state index is 12.1. The molecule has 3 aromatic carbocycles. The van der Waals surface area contributed by atoms with Crippen LogP contribution in [0.4, 0.5) is 5.69 Å². The third-order valence-electron chi connectivity index (χ3n) is 4.50. The SMILES string of the molecule is Cc1ccc2nc(-c3ccc(NC(=O)COC(=O)c4ccc(O)cc4O)cc3)sc2c1. The number of phenolic OH excluding ortho intramolecular Hbond substituents is 2. The van der Waals surface area contributed by atoms with E-state index in [0.717, 1.165) is 26.9 Å². The van der Waals surface area contributed by atoms with Crippen LogP contribution in [-0.2, 0) is 9.53 Å². The number of carbonyl (C=O) groups excluding carboxylic acids is 2. The van der Waals surface area contributed by atoms with Crippen molar-refractivity contribution in [1.29, 1.82) is 0 Å². The molecule has 1 aromatic heterocycles. The Kier molecular flexibility index (Phi) is 5.55. The third-order valence-corrected chi connectivity index (χ3v) is 5.56. The van der Waals surface area contributed by atoms with Crippen molar-refractivity contribution < 1.29 is 24.5 Å². The number of thiazole rings is 1. The summed E-state index contributed by atoms with van der Waals surface area (Å²) in [5, 5.41) is 22.5.